The standard InChI is InChI=1S/C22H16N4O7/c27-20(13-4-7-17(8-5-13)26(30)31)23-16-3-1-2-14(10-16)21(28)24-25-22(29)15-6-9-18-19(11-15)33-12-32-18/h1-11H,12H2,(H,23,27)(H,24,28)(H,25,29). The van der Waals surface area contributed by atoms with E-state index in [0.29, 0.717) is 17.2 Å². The molecule has 1 aliphatic heterocycles. The Balaban J connectivity index is 1.36. The first-order valence-corrected chi connectivity index (χ1v) is 9.57. The van der Waals surface area contributed by atoms with E-state index < -0.39 is 22.6 Å². The maximum Gasteiger partial charge on any atom is 0.269 e. The van der Waals surface area contributed by atoms with Gasteiger partial charge in [0.1, 0.15) is 0 Å². The highest BCUT2D eigenvalue weighted by Gasteiger charge is 2.17. The van der Waals surface area contributed by atoms with E-state index in [1.165, 1.54) is 48.5 Å². The molecule has 0 radical (unpaired) electrons. The fourth-order valence-corrected chi connectivity index (χ4v) is 2.97. The van der Waals surface area contributed by atoms with Crippen molar-refractivity contribution in [1.82, 2.24) is 10.9 Å². The van der Waals surface area contributed by atoms with Gasteiger partial charge in [-0.15, -0.1) is 0 Å². The van der Waals surface area contributed by atoms with Gasteiger partial charge in [-0.25, -0.2) is 0 Å². The molecular formula is C22H16N4O7. The molecule has 0 aromatic heterocycles. The van der Waals surface area contributed by atoms with Gasteiger partial charge in [-0.05, 0) is 48.5 Å². The Hall–Kier alpha value is -4.93. The molecule has 0 bridgehead atoms. The maximum atomic E-state index is 12.4. The number of hydrogen-bond donors (Lipinski definition) is 3. The molecule has 0 saturated carbocycles. The van der Waals surface area contributed by atoms with E-state index in [9.17, 15) is 24.5 Å². The monoisotopic (exact) mass is 448 g/mol. The molecule has 1 heterocycles. The number of non-ortho nitro benzene ring substituents is 1. The number of benzene rings is 3. The Morgan fingerprint density at radius 3 is 2.09 bits per heavy atom. The van der Waals surface area contributed by atoms with Gasteiger partial charge in [0.15, 0.2) is 11.5 Å². The minimum atomic E-state index is -0.601. The smallest absolute Gasteiger partial charge is 0.269 e. The van der Waals surface area contributed by atoms with Crippen LogP contribution in [0.1, 0.15) is 31.1 Å². The van der Waals surface area contributed by atoms with Gasteiger partial charge in [-0.3, -0.25) is 35.3 Å². The molecule has 0 spiro atoms. The number of nitrogens with zero attached hydrogens (tertiary/aromatic N) is 1. The van der Waals surface area contributed by atoms with Crippen LogP contribution in [-0.4, -0.2) is 29.4 Å². The molecule has 0 fully saturated rings. The second-order valence-electron chi connectivity index (χ2n) is 6.82. The summed E-state index contributed by atoms with van der Waals surface area (Å²) in [6.45, 7) is 0.0776. The number of carbonyl (C=O) groups is 3. The minimum absolute atomic E-state index is 0.0776. The molecule has 0 atom stereocenters. The van der Waals surface area contributed by atoms with Gasteiger partial charge in [0.2, 0.25) is 6.79 Å². The molecule has 0 unspecified atom stereocenters. The van der Waals surface area contributed by atoms with Gasteiger partial charge < -0.3 is 14.8 Å². The van der Waals surface area contributed by atoms with Crippen molar-refractivity contribution >= 4 is 29.1 Å². The van der Waals surface area contributed by atoms with Crippen molar-refractivity contribution in [2.24, 2.45) is 0 Å². The van der Waals surface area contributed by atoms with E-state index in [1.807, 2.05) is 0 Å². The first-order chi connectivity index (χ1) is 15.9. The average Bonchev–Trinajstić information content (AvgIpc) is 3.30. The van der Waals surface area contributed by atoms with Crippen LogP contribution in [0.5, 0.6) is 11.5 Å². The van der Waals surface area contributed by atoms with Gasteiger partial charge in [0.05, 0.1) is 4.92 Å². The van der Waals surface area contributed by atoms with E-state index in [-0.39, 0.29) is 29.2 Å². The van der Waals surface area contributed by atoms with E-state index in [2.05, 4.69) is 16.2 Å². The highest BCUT2D eigenvalue weighted by molar-refractivity contribution is 6.05. The number of anilines is 1. The number of hydrogen-bond acceptors (Lipinski definition) is 7. The zero-order valence-electron chi connectivity index (χ0n) is 16.9. The highest BCUT2D eigenvalue weighted by Crippen LogP contribution is 2.32. The van der Waals surface area contributed by atoms with Gasteiger partial charge in [-0.2, -0.15) is 0 Å². The summed E-state index contributed by atoms with van der Waals surface area (Å²) in [6, 6.07) is 15.8. The lowest BCUT2D eigenvalue weighted by atomic mass is 10.1. The number of ether oxygens (including phenoxy) is 2. The van der Waals surface area contributed by atoms with Crippen LogP contribution in [0.3, 0.4) is 0 Å². The van der Waals surface area contributed by atoms with Crippen LogP contribution < -0.4 is 25.6 Å². The zero-order valence-corrected chi connectivity index (χ0v) is 16.9. The van der Waals surface area contributed by atoms with Crippen LogP contribution in [0.2, 0.25) is 0 Å². The third-order valence-electron chi connectivity index (χ3n) is 4.65. The van der Waals surface area contributed by atoms with E-state index in [0.717, 1.165) is 0 Å². The number of hydrazine groups is 1. The number of nitrogens with one attached hydrogen (secondary N) is 3. The Morgan fingerprint density at radius 1 is 0.758 bits per heavy atom. The van der Waals surface area contributed by atoms with Gasteiger partial charge in [0.25, 0.3) is 23.4 Å². The van der Waals surface area contributed by atoms with Crippen molar-refractivity contribution in [2.45, 2.75) is 0 Å². The van der Waals surface area contributed by atoms with Crippen molar-refractivity contribution in [2.75, 3.05) is 12.1 Å². The molecule has 3 N–H and O–H groups in total. The first-order valence-electron chi connectivity index (χ1n) is 9.57. The fraction of sp³-hybridized carbons (Fsp3) is 0.0455. The van der Waals surface area contributed by atoms with Crippen molar-refractivity contribution in [1.29, 1.82) is 0 Å². The first kappa shape index (κ1) is 21.3. The molecule has 4 rings (SSSR count). The summed E-state index contributed by atoms with van der Waals surface area (Å²) in [5.74, 6) is -0.688. The second kappa shape index (κ2) is 9.06. The van der Waals surface area contributed by atoms with Crippen molar-refractivity contribution < 1.29 is 28.8 Å². The highest BCUT2D eigenvalue weighted by atomic mass is 16.7. The van der Waals surface area contributed by atoms with Gasteiger partial charge in [0, 0.05) is 34.5 Å². The van der Waals surface area contributed by atoms with Crippen LogP contribution >= 0.6 is 0 Å². The Morgan fingerprint density at radius 2 is 1.39 bits per heavy atom. The summed E-state index contributed by atoms with van der Waals surface area (Å²) in [5, 5.41) is 13.3. The lowest BCUT2D eigenvalue weighted by Crippen LogP contribution is -2.41. The van der Waals surface area contributed by atoms with Gasteiger partial charge >= 0.3 is 0 Å². The largest absolute Gasteiger partial charge is 0.454 e. The summed E-state index contributed by atoms with van der Waals surface area (Å²) < 4.78 is 10.4. The normalized spacial score (nSPS) is 11.4. The van der Waals surface area contributed by atoms with Crippen molar-refractivity contribution in [3.05, 3.63) is 93.5 Å². The lowest BCUT2D eigenvalue weighted by molar-refractivity contribution is -0.384. The fourth-order valence-electron chi connectivity index (χ4n) is 2.97. The number of amides is 3. The Kier molecular flexibility index (Phi) is 5.85. The molecule has 3 aromatic rings. The van der Waals surface area contributed by atoms with Gasteiger partial charge in [-0.1, -0.05) is 6.07 Å². The van der Waals surface area contributed by atoms with Crippen LogP contribution in [0, 0.1) is 10.1 Å². The van der Waals surface area contributed by atoms with Crippen LogP contribution in [0.15, 0.2) is 66.7 Å². The summed E-state index contributed by atoms with van der Waals surface area (Å²) >= 11 is 0. The van der Waals surface area contributed by atoms with Crippen LogP contribution in [-0.2, 0) is 0 Å². The number of fused-ring (bicyclic) bond motifs is 1. The molecule has 11 nitrogen and oxygen atoms in total. The number of rotatable bonds is 5. The predicted octanol–water partition coefficient (Wildman–Crippen LogP) is 2.65. The average molecular weight is 448 g/mol. The second-order valence-corrected chi connectivity index (χ2v) is 6.82. The summed E-state index contributed by atoms with van der Waals surface area (Å²) in [5.41, 5.74) is 5.48. The lowest BCUT2D eigenvalue weighted by Gasteiger charge is -2.10. The topological polar surface area (TPSA) is 149 Å². The van der Waals surface area contributed by atoms with Crippen molar-refractivity contribution in [3.63, 3.8) is 0 Å². The molecule has 3 aromatic carbocycles. The minimum Gasteiger partial charge on any atom is -0.454 e. The summed E-state index contributed by atoms with van der Waals surface area (Å²) in [7, 11) is 0. The quantitative estimate of drug-likeness (QED) is 0.401. The molecule has 0 saturated heterocycles. The Labute approximate surface area is 186 Å². The van der Waals surface area contributed by atoms with E-state index in [1.54, 1.807) is 18.2 Å². The summed E-state index contributed by atoms with van der Waals surface area (Å²) in [4.78, 5) is 47.3. The third kappa shape index (κ3) is 4.88. The van der Waals surface area contributed by atoms with E-state index >= 15 is 0 Å². The van der Waals surface area contributed by atoms with Crippen LogP contribution in [0.4, 0.5) is 11.4 Å². The summed E-state index contributed by atoms with van der Waals surface area (Å²) in [6.07, 6.45) is 0. The molecule has 0 aliphatic carbocycles. The zero-order chi connectivity index (χ0) is 23.4. The third-order valence-corrected chi connectivity index (χ3v) is 4.65. The maximum absolute atomic E-state index is 12.4. The van der Waals surface area contributed by atoms with Crippen molar-refractivity contribution in [3.8, 4) is 11.5 Å². The molecule has 3 amide bonds. The number of nitro groups is 1. The molecule has 11 heteroatoms. The van der Waals surface area contributed by atoms with Crippen LogP contribution in [0.25, 0.3) is 0 Å². The predicted molar refractivity (Wildman–Crippen MR) is 115 cm³/mol. The Bertz CT molecular complexity index is 1260. The number of nitro benzene ring substituents is 1. The number of carbonyl (C=O) groups excluding carboxylic acids is 3. The molecule has 33 heavy (non-hydrogen) atoms. The van der Waals surface area contributed by atoms with E-state index in [4.69, 9.17) is 9.47 Å². The molecular weight excluding hydrogens is 432 g/mol. The molecule has 166 valence electrons. The molecule has 1 aliphatic rings. The SMILES string of the molecule is O=C(NNC(=O)c1ccc2c(c1)OCO2)c1cccc(NC(=O)c2ccc([N+](=O)[O-])cc2)c1.